The summed E-state index contributed by atoms with van der Waals surface area (Å²) in [5.41, 5.74) is 7.56. The Morgan fingerprint density at radius 2 is 2.12 bits per heavy atom. The first-order valence-corrected chi connectivity index (χ1v) is 5.74. The number of nitrogens with two attached hydrogens (primary N) is 1. The number of benzene rings is 1. The van der Waals surface area contributed by atoms with Gasteiger partial charge in [0, 0.05) is 23.5 Å². The van der Waals surface area contributed by atoms with Crippen LogP contribution in [-0.2, 0) is 0 Å². The number of hydrogen-bond acceptors (Lipinski definition) is 4. The number of carbonyl (C=O) groups excluding carboxylic acids is 1. The molecule has 4 N–H and O–H groups in total. The molecule has 0 saturated heterocycles. The van der Waals surface area contributed by atoms with Gasteiger partial charge in [-0.25, -0.2) is 0 Å². The minimum atomic E-state index is -0.399. The van der Waals surface area contributed by atoms with Crippen LogP contribution in [0.15, 0.2) is 18.2 Å². The third-order valence-corrected chi connectivity index (χ3v) is 2.72. The molecule has 0 radical (unpaired) electrons. The molecule has 17 heavy (non-hydrogen) atoms. The zero-order valence-electron chi connectivity index (χ0n) is 10.5. The Morgan fingerprint density at radius 3 is 2.59 bits per heavy atom. The van der Waals surface area contributed by atoms with Gasteiger partial charge < -0.3 is 16.2 Å². The minimum absolute atomic E-state index is 0.0451. The molecule has 1 atom stereocenters. The molecule has 0 bridgehead atoms. The summed E-state index contributed by atoms with van der Waals surface area (Å²) in [4.78, 5) is 11.2. The van der Waals surface area contributed by atoms with Crippen molar-refractivity contribution in [1.29, 1.82) is 0 Å². The van der Waals surface area contributed by atoms with E-state index in [4.69, 9.17) is 5.73 Å². The minimum Gasteiger partial charge on any atom is -0.398 e. The fraction of sp³-hybridized carbons (Fsp3) is 0.462. The molecule has 0 fully saturated rings. The van der Waals surface area contributed by atoms with Crippen LogP contribution in [0.2, 0.25) is 0 Å². The number of rotatable bonds is 5. The highest BCUT2D eigenvalue weighted by molar-refractivity contribution is 5.99. The monoisotopic (exact) mass is 236 g/mol. The van der Waals surface area contributed by atoms with Crippen LogP contribution in [0.5, 0.6) is 0 Å². The van der Waals surface area contributed by atoms with Gasteiger partial charge in [-0.15, -0.1) is 0 Å². The summed E-state index contributed by atoms with van der Waals surface area (Å²) in [7, 11) is 0. The maximum absolute atomic E-state index is 11.2. The van der Waals surface area contributed by atoms with Crippen molar-refractivity contribution in [3.05, 3.63) is 23.8 Å². The van der Waals surface area contributed by atoms with E-state index in [1.807, 2.05) is 13.8 Å². The highest BCUT2D eigenvalue weighted by atomic mass is 16.3. The maximum Gasteiger partial charge on any atom is 0.161 e. The maximum atomic E-state index is 11.2. The third kappa shape index (κ3) is 3.75. The number of aliphatic hydroxyl groups is 1. The summed E-state index contributed by atoms with van der Waals surface area (Å²) in [6, 6.07) is 5.20. The van der Waals surface area contributed by atoms with Gasteiger partial charge in [0.05, 0.1) is 6.10 Å². The number of aliphatic hydroxyl groups excluding tert-OH is 1. The first kappa shape index (κ1) is 13.5. The molecule has 0 aliphatic carbocycles. The molecule has 1 unspecified atom stereocenters. The molecule has 4 nitrogen and oxygen atoms in total. The van der Waals surface area contributed by atoms with E-state index in [-0.39, 0.29) is 11.7 Å². The average molecular weight is 236 g/mol. The van der Waals surface area contributed by atoms with E-state index in [1.54, 1.807) is 18.2 Å². The van der Waals surface area contributed by atoms with Crippen molar-refractivity contribution in [3.8, 4) is 0 Å². The molecule has 0 aliphatic heterocycles. The van der Waals surface area contributed by atoms with Crippen molar-refractivity contribution < 1.29 is 9.90 Å². The Bertz CT molecular complexity index is 402. The van der Waals surface area contributed by atoms with Gasteiger partial charge in [-0.2, -0.15) is 0 Å². The van der Waals surface area contributed by atoms with Crippen molar-refractivity contribution in [3.63, 3.8) is 0 Å². The van der Waals surface area contributed by atoms with E-state index in [0.29, 0.717) is 17.8 Å². The molecule has 4 heteroatoms. The second-order valence-electron chi connectivity index (χ2n) is 4.55. The van der Waals surface area contributed by atoms with Crippen LogP contribution in [0.25, 0.3) is 0 Å². The average Bonchev–Trinajstić information content (AvgIpc) is 2.25. The number of ketones is 1. The van der Waals surface area contributed by atoms with Crippen LogP contribution >= 0.6 is 0 Å². The van der Waals surface area contributed by atoms with E-state index >= 15 is 0 Å². The van der Waals surface area contributed by atoms with Crippen molar-refractivity contribution in [2.75, 3.05) is 17.6 Å². The van der Waals surface area contributed by atoms with Crippen molar-refractivity contribution >= 4 is 17.2 Å². The van der Waals surface area contributed by atoms with E-state index in [9.17, 15) is 9.90 Å². The summed E-state index contributed by atoms with van der Waals surface area (Å²) >= 11 is 0. The number of hydrogen-bond donors (Lipinski definition) is 3. The highest BCUT2D eigenvalue weighted by Gasteiger charge is 2.09. The van der Waals surface area contributed by atoms with Crippen molar-refractivity contribution in [2.45, 2.75) is 26.9 Å². The zero-order chi connectivity index (χ0) is 13.0. The highest BCUT2D eigenvalue weighted by Crippen LogP contribution is 2.18. The van der Waals surface area contributed by atoms with Crippen molar-refractivity contribution in [1.82, 2.24) is 0 Å². The lowest BCUT2D eigenvalue weighted by atomic mass is 10.1. The predicted molar refractivity (Wildman–Crippen MR) is 70.2 cm³/mol. The number of carbonyl (C=O) groups is 1. The molecule has 0 spiro atoms. The fourth-order valence-corrected chi connectivity index (χ4v) is 1.45. The van der Waals surface area contributed by atoms with Gasteiger partial charge in [-0.3, -0.25) is 4.79 Å². The summed E-state index contributed by atoms with van der Waals surface area (Å²) in [5.74, 6) is 0.160. The van der Waals surface area contributed by atoms with Gasteiger partial charge >= 0.3 is 0 Å². The van der Waals surface area contributed by atoms with Gasteiger partial charge in [0.15, 0.2) is 5.78 Å². The Balaban J connectivity index is 2.68. The number of nitrogen functional groups attached to an aromatic ring is 1. The fourth-order valence-electron chi connectivity index (χ4n) is 1.45. The second kappa shape index (κ2) is 5.68. The number of Topliss-reactive ketones (excluding diaryl/α,β-unsaturated/α-hetero) is 1. The normalized spacial score (nSPS) is 12.5. The SMILES string of the molecule is CC(=O)c1ccc(NCC(O)C(C)C)cc1N. The lowest BCUT2D eigenvalue weighted by Gasteiger charge is -2.16. The largest absolute Gasteiger partial charge is 0.398 e. The molecule has 0 heterocycles. The molecule has 94 valence electrons. The molecule has 0 aromatic heterocycles. The summed E-state index contributed by atoms with van der Waals surface area (Å²) in [6.07, 6.45) is -0.399. The third-order valence-electron chi connectivity index (χ3n) is 2.72. The second-order valence-corrected chi connectivity index (χ2v) is 4.55. The van der Waals surface area contributed by atoms with Gasteiger partial charge in [-0.1, -0.05) is 13.8 Å². The lowest BCUT2D eigenvalue weighted by Crippen LogP contribution is -2.24. The Morgan fingerprint density at radius 1 is 1.47 bits per heavy atom. The van der Waals surface area contributed by atoms with Crippen LogP contribution in [0.4, 0.5) is 11.4 Å². The Kier molecular flexibility index (Phi) is 4.52. The molecule has 1 aromatic carbocycles. The van der Waals surface area contributed by atoms with E-state index in [1.165, 1.54) is 6.92 Å². The molecule has 1 rings (SSSR count). The van der Waals surface area contributed by atoms with Crippen LogP contribution in [-0.4, -0.2) is 23.5 Å². The number of anilines is 2. The first-order valence-electron chi connectivity index (χ1n) is 5.74. The molecule has 0 aliphatic rings. The van der Waals surface area contributed by atoms with Gasteiger partial charge in [0.1, 0.15) is 0 Å². The van der Waals surface area contributed by atoms with Gasteiger partial charge in [0.25, 0.3) is 0 Å². The summed E-state index contributed by atoms with van der Waals surface area (Å²) < 4.78 is 0. The smallest absolute Gasteiger partial charge is 0.161 e. The molecular formula is C13H20N2O2. The Hall–Kier alpha value is -1.55. The van der Waals surface area contributed by atoms with Crippen LogP contribution in [0, 0.1) is 5.92 Å². The number of nitrogens with one attached hydrogen (secondary N) is 1. The topological polar surface area (TPSA) is 75.3 Å². The predicted octanol–water partition coefficient (Wildman–Crippen LogP) is 1.90. The van der Waals surface area contributed by atoms with E-state index < -0.39 is 6.10 Å². The van der Waals surface area contributed by atoms with E-state index in [2.05, 4.69) is 5.32 Å². The van der Waals surface area contributed by atoms with E-state index in [0.717, 1.165) is 5.69 Å². The van der Waals surface area contributed by atoms with Gasteiger partial charge in [0.2, 0.25) is 0 Å². The summed E-state index contributed by atoms with van der Waals surface area (Å²) in [6.45, 7) is 5.87. The first-order chi connectivity index (χ1) is 7.91. The molecule has 1 aromatic rings. The molecule has 0 amide bonds. The van der Waals surface area contributed by atoms with Crippen LogP contribution < -0.4 is 11.1 Å². The zero-order valence-corrected chi connectivity index (χ0v) is 10.5. The summed E-state index contributed by atoms with van der Waals surface area (Å²) in [5, 5.41) is 12.7. The lowest BCUT2D eigenvalue weighted by molar-refractivity contribution is 0.101. The van der Waals surface area contributed by atoms with Crippen molar-refractivity contribution in [2.24, 2.45) is 5.92 Å². The molecule has 0 saturated carbocycles. The quantitative estimate of drug-likeness (QED) is 0.539. The van der Waals surface area contributed by atoms with Crippen LogP contribution in [0.1, 0.15) is 31.1 Å². The Labute approximate surface area is 102 Å². The molecular weight excluding hydrogens is 216 g/mol. The van der Waals surface area contributed by atoms with Gasteiger partial charge in [-0.05, 0) is 31.0 Å². The van der Waals surface area contributed by atoms with Crippen LogP contribution in [0.3, 0.4) is 0 Å². The standard InChI is InChI=1S/C13H20N2O2/c1-8(2)13(17)7-15-10-4-5-11(9(3)16)12(14)6-10/h4-6,8,13,15,17H,7,14H2,1-3H3.